The number of rotatable bonds is 6. The quantitative estimate of drug-likeness (QED) is 0.370. The molecule has 36 heavy (non-hydrogen) atoms. The highest BCUT2D eigenvalue weighted by Gasteiger charge is 2.32. The lowest BCUT2D eigenvalue weighted by Crippen LogP contribution is -2.44. The van der Waals surface area contributed by atoms with Crippen LogP contribution in [0.3, 0.4) is 0 Å². The second-order valence-corrected chi connectivity index (χ2v) is 10.9. The standard InChI is InChI=1S/C28H32N6OS/c35-28(33(19-23-12-8-16-36-23)17-21-9-3-1-4-10-21)22-11-7-14-32(18-22)26-25-27(30-20-29-26)34-15-6-2-5-13-24(34)31-25/h1,3-4,8-10,12,16,20,22H,2,5-7,11,13-15,17-19H2. The largest absolute Gasteiger partial charge is 0.354 e. The number of hydrogen-bond donors (Lipinski definition) is 0. The minimum absolute atomic E-state index is 0.0621. The van der Waals surface area contributed by atoms with Crippen molar-refractivity contribution in [3.63, 3.8) is 0 Å². The highest BCUT2D eigenvalue weighted by Crippen LogP contribution is 2.30. The predicted octanol–water partition coefficient (Wildman–Crippen LogP) is 5.06. The minimum Gasteiger partial charge on any atom is -0.354 e. The van der Waals surface area contributed by atoms with Crippen LogP contribution in [0.5, 0.6) is 0 Å². The molecule has 1 fully saturated rings. The van der Waals surface area contributed by atoms with E-state index in [0.29, 0.717) is 19.6 Å². The van der Waals surface area contributed by atoms with Crippen molar-refractivity contribution in [2.75, 3.05) is 18.0 Å². The first-order chi connectivity index (χ1) is 17.8. The number of benzene rings is 1. The van der Waals surface area contributed by atoms with Gasteiger partial charge in [-0.3, -0.25) is 4.79 Å². The van der Waals surface area contributed by atoms with E-state index in [-0.39, 0.29) is 11.8 Å². The third kappa shape index (κ3) is 4.74. The highest BCUT2D eigenvalue weighted by molar-refractivity contribution is 7.09. The van der Waals surface area contributed by atoms with Crippen LogP contribution in [-0.2, 0) is 30.8 Å². The number of carbonyl (C=O) groups excluding carboxylic acids is 1. The molecule has 3 aromatic heterocycles. The lowest BCUT2D eigenvalue weighted by molar-refractivity contribution is -0.137. The molecule has 0 saturated carbocycles. The van der Waals surface area contributed by atoms with Gasteiger partial charge in [-0.2, -0.15) is 0 Å². The molecule has 0 aliphatic carbocycles. The average molecular weight is 501 g/mol. The van der Waals surface area contributed by atoms with Crippen molar-refractivity contribution in [1.29, 1.82) is 0 Å². The summed E-state index contributed by atoms with van der Waals surface area (Å²) >= 11 is 1.71. The third-order valence-corrected chi connectivity index (χ3v) is 8.26. The number of amides is 1. The fraction of sp³-hybridized carbons (Fsp3) is 0.429. The average Bonchev–Trinajstić information content (AvgIpc) is 3.49. The molecule has 0 N–H and O–H groups in total. The van der Waals surface area contributed by atoms with Crippen LogP contribution in [0, 0.1) is 5.92 Å². The van der Waals surface area contributed by atoms with Gasteiger partial charge in [-0.15, -0.1) is 11.3 Å². The molecule has 2 aliphatic heterocycles. The molecule has 4 aromatic rings. The molecule has 0 bridgehead atoms. The van der Waals surface area contributed by atoms with E-state index >= 15 is 0 Å². The van der Waals surface area contributed by atoms with Gasteiger partial charge in [0, 0.05) is 37.5 Å². The zero-order valence-corrected chi connectivity index (χ0v) is 21.4. The van der Waals surface area contributed by atoms with E-state index in [4.69, 9.17) is 4.98 Å². The van der Waals surface area contributed by atoms with Gasteiger partial charge in [0.05, 0.1) is 12.5 Å². The SMILES string of the molecule is O=C(C1CCCN(c2ncnc3c2nc2n3CCCCC2)C1)N(Cc1ccccc1)Cc1cccs1. The normalized spacial score (nSPS) is 18.1. The smallest absolute Gasteiger partial charge is 0.228 e. The zero-order valence-electron chi connectivity index (χ0n) is 20.6. The highest BCUT2D eigenvalue weighted by atomic mass is 32.1. The van der Waals surface area contributed by atoms with Gasteiger partial charge in [-0.1, -0.05) is 42.8 Å². The topological polar surface area (TPSA) is 67.2 Å². The Hall–Kier alpha value is -3.26. The van der Waals surface area contributed by atoms with Gasteiger partial charge >= 0.3 is 0 Å². The van der Waals surface area contributed by atoms with E-state index < -0.39 is 0 Å². The number of carbonyl (C=O) groups is 1. The number of fused-ring (bicyclic) bond motifs is 3. The van der Waals surface area contributed by atoms with Crippen molar-refractivity contribution in [2.24, 2.45) is 5.92 Å². The van der Waals surface area contributed by atoms with Crippen LogP contribution < -0.4 is 4.90 Å². The molecular weight excluding hydrogens is 468 g/mol. The summed E-state index contributed by atoms with van der Waals surface area (Å²) in [5.74, 6) is 2.17. The molecule has 1 saturated heterocycles. The molecule has 0 spiro atoms. The molecule has 1 aromatic carbocycles. The molecule has 1 unspecified atom stereocenters. The van der Waals surface area contributed by atoms with Crippen LogP contribution >= 0.6 is 11.3 Å². The number of imidazole rings is 1. The van der Waals surface area contributed by atoms with E-state index in [1.165, 1.54) is 24.1 Å². The van der Waals surface area contributed by atoms with Crippen LogP contribution in [-0.4, -0.2) is 43.4 Å². The molecule has 6 rings (SSSR count). The number of anilines is 1. The van der Waals surface area contributed by atoms with Crippen LogP contribution in [0.4, 0.5) is 5.82 Å². The summed E-state index contributed by atoms with van der Waals surface area (Å²) in [6.07, 6.45) is 8.11. The van der Waals surface area contributed by atoms with Crippen LogP contribution in [0.25, 0.3) is 11.2 Å². The summed E-state index contributed by atoms with van der Waals surface area (Å²) in [5.41, 5.74) is 2.99. The molecule has 7 nitrogen and oxygen atoms in total. The van der Waals surface area contributed by atoms with Crippen molar-refractivity contribution in [1.82, 2.24) is 24.4 Å². The first-order valence-corrected chi connectivity index (χ1v) is 13.9. The van der Waals surface area contributed by atoms with E-state index in [1.54, 1.807) is 17.7 Å². The molecule has 186 valence electrons. The Kier molecular flexibility index (Phi) is 6.68. The predicted molar refractivity (Wildman–Crippen MR) is 143 cm³/mol. The van der Waals surface area contributed by atoms with Crippen molar-refractivity contribution >= 4 is 34.2 Å². The molecule has 5 heterocycles. The van der Waals surface area contributed by atoms with Gasteiger partial charge in [0.15, 0.2) is 17.0 Å². The van der Waals surface area contributed by atoms with Crippen LogP contribution in [0.2, 0.25) is 0 Å². The van der Waals surface area contributed by atoms with E-state index in [1.807, 2.05) is 23.1 Å². The Bertz CT molecular complexity index is 1320. The number of aromatic nitrogens is 4. The molecule has 1 atom stereocenters. The number of thiophene rings is 1. The maximum atomic E-state index is 13.9. The number of nitrogens with zero attached hydrogens (tertiary/aromatic N) is 6. The van der Waals surface area contributed by atoms with E-state index in [2.05, 4.69) is 49.1 Å². The van der Waals surface area contributed by atoms with Crippen molar-refractivity contribution in [3.05, 3.63) is 70.4 Å². The second kappa shape index (κ2) is 10.4. The third-order valence-electron chi connectivity index (χ3n) is 7.40. The van der Waals surface area contributed by atoms with Crippen molar-refractivity contribution in [3.8, 4) is 0 Å². The Morgan fingerprint density at radius 3 is 2.78 bits per heavy atom. The molecule has 8 heteroatoms. The molecular formula is C28H32N6OS. The molecule has 2 aliphatic rings. The maximum Gasteiger partial charge on any atom is 0.228 e. The molecule has 1 amide bonds. The van der Waals surface area contributed by atoms with Gasteiger partial charge in [0.2, 0.25) is 5.91 Å². The summed E-state index contributed by atoms with van der Waals surface area (Å²) in [6, 6.07) is 14.5. The second-order valence-electron chi connectivity index (χ2n) is 9.90. The Morgan fingerprint density at radius 2 is 1.92 bits per heavy atom. The first kappa shape index (κ1) is 23.2. The first-order valence-electron chi connectivity index (χ1n) is 13.1. The van der Waals surface area contributed by atoms with Gasteiger partial charge in [0.25, 0.3) is 0 Å². The number of piperidine rings is 1. The van der Waals surface area contributed by atoms with E-state index in [0.717, 1.165) is 60.7 Å². The van der Waals surface area contributed by atoms with Gasteiger partial charge < -0.3 is 14.4 Å². The van der Waals surface area contributed by atoms with Crippen molar-refractivity contribution in [2.45, 2.75) is 58.2 Å². The Labute approximate surface area is 215 Å². The Balaban J connectivity index is 1.25. The van der Waals surface area contributed by atoms with Gasteiger partial charge in [-0.25, -0.2) is 15.0 Å². The van der Waals surface area contributed by atoms with Crippen molar-refractivity contribution < 1.29 is 4.79 Å². The minimum atomic E-state index is -0.0621. The zero-order chi connectivity index (χ0) is 24.3. The van der Waals surface area contributed by atoms with Gasteiger partial charge in [0.1, 0.15) is 12.2 Å². The van der Waals surface area contributed by atoms with Gasteiger partial charge in [-0.05, 0) is 42.7 Å². The fourth-order valence-electron chi connectivity index (χ4n) is 5.59. The van der Waals surface area contributed by atoms with Crippen LogP contribution in [0.15, 0.2) is 54.2 Å². The summed E-state index contributed by atoms with van der Waals surface area (Å²) in [6.45, 7) is 3.80. The number of hydrogen-bond acceptors (Lipinski definition) is 6. The maximum absolute atomic E-state index is 13.9. The Morgan fingerprint density at radius 1 is 1.00 bits per heavy atom. The fourth-order valence-corrected chi connectivity index (χ4v) is 6.31. The summed E-state index contributed by atoms with van der Waals surface area (Å²) in [4.78, 5) is 33.7. The summed E-state index contributed by atoms with van der Waals surface area (Å²) < 4.78 is 2.28. The monoisotopic (exact) mass is 500 g/mol. The molecule has 0 radical (unpaired) electrons. The van der Waals surface area contributed by atoms with E-state index in [9.17, 15) is 4.79 Å². The summed E-state index contributed by atoms with van der Waals surface area (Å²) in [7, 11) is 0. The van der Waals surface area contributed by atoms with Crippen LogP contribution in [0.1, 0.15) is 48.4 Å². The summed E-state index contributed by atoms with van der Waals surface area (Å²) in [5, 5.41) is 2.08. The lowest BCUT2D eigenvalue weighted by atomic mass is 9.96. The number of aryl methyl sites for hydroxylation is 2. The lowest BCUT2D eigenvalue weighted by Gasteiger charge is -2.35.